The molecule has 0 bridgehead atoms. The first kappa shape index (κ1) is 34.4. The SMILES string of the molecule is Cc1ccc(/C=C\C2=C(C(=O)O)N3C(=O)[C@@H](NC(=O)C(=NOC(c4ccccc4)(c4ccccc4)c4ccccc4)c4csc(N)n4)[C@H]3SC2)cn1. The van der Waals surface area contributed by atoms with Gasteiger partial charge < -0.3 is 21.0 Å². The van der Waals surface area contributed by atoms with Gasteiger partial charge >= 0.3 is 5.97 Å². The Labute approximate surface area is 307 Å². The molecule has 0 unspecified atom stereocenters. The largest absolute Gasteiger partial charge is 0.477 e. The fraction of sp³-hybridized carbons (Fsp3) is 0.128. The average molecular weight is 729 g/mol. The van der Waals surface area contributed by atoms with Crippen molar-refractivity contribution in [3.05, 3.63) is 166 Å². The van der Waals surface area contributed by atoms with Gasteiger partial charge in [-0.1, -0.05) is 114 Å². The van der Waals surface area contributed by atoms with E-state index >= 15 is 0 Å². The maximum atomic E-state index is 14.1. The zero-order valence-electron chi connectivity index (χ0n) is 27.7. The van der Waals surface area contributed by atoms with Crippen molar-refractivity contribution in [2.75, 3.05) is 11.5 Å². The van der Waals surface area contributed by atoms with Gasteiger partial charge in [0.2, 0.25) is 5.60 Å². The third-order valence-electron chi connectivity index (χ3n) is 8.69. The number of carbonyl (C=O) groups is 3. The molecule has 4 heterocycles. The Morgan fingerprint density at radius 1 is 0.962 bits per heavy atom. The van der Waals surface area contributed by atoms with Crippen molar-refractivity contribution in [3.8, 4) is 0 Å². The number of fused-ring (bicyclic) bond motifs is 1. The van der Waals surface area contributed by atoms with Gasteiger partial charge in [0.05, 0.1) is 0 Å². The maximum Gasteiger partial charge on any atom is 0.352 e. The summed E-state index contributed by atoms with van der Waals surface area (Å²) in [5, 5.41) is 18.6. The minimum Gasteiger partial charge on any atom is -0.477 e. The van der Waals surface area contributed by atoms with Crippen molar-refractivity contribution in [1.82, 2.24) is 20.2 Å². The molecule has 0 aliphatic carbocycles. The predicted octanol–water partition coefficient (Wildman–Crippen LogP) is 5.59. The maximum absolute atomic E-state index is 14.1. The molecule has 0 spiro atoms. The summed E-state index contributed by atoms with van der Waals surface area (Å²) >= 11 is 2.48. The fourth-order valence-corrected chi connectivity index (χ4v) is 8.01. The summed E-state index contributed by atoms with van der Waals surface area (Å²) in [6, 6.07) is 31.3. The van der Waals surface area contributed by atoms with Gasteiger partial charge in [-0.2, -0.15) is 0 Å². The Bertz CT molecular complexity index is 2110. The quantitative estimate of drug-likeness (QED) is 0.0682. The number of aliphatic carboxylic acids is 1. The summed E-state index contributed by atoms with van der Waals surface area (Å²) in [5.41, 5.74) is 8.93. The number of nitrogens with zero attached hydrogens (tertiary/aromatic N) is 4. The second-order valence-corrected chi connectivity index (χ2v) is 14.0. The van der Waals surface area contributed by atoms with Crippen LogP contribution in [0.3, 0.4) is 0 Å². The standard InChI is InChI=1S/C39H32N6O5S2/c1-24-17-18-25(21-41-24)19-20-26-22-51-36-32(35(47)45(36)33(26)37(48)49)43-34(46)31(30-23-52-38(40)42-30)44-50-39(27-11-5-2-6-12-27,28-13-7-3-8-14-28)29-15-9-4-10-16-29/h2-21,23,32,36H,22H2,1H3,(H2,40,42)(H,43,46)(H,48,49)/b20-19-,44-31?/t32-,36-/m1/s1. The number of carboxylic acids is 1. The number of hydrogen-bond donors (Lipinski definition) is 3. The first-order valence-electron chi connectivity index (χ1n) is 16.2. The van der Waals surface area contributed by atoms with E-state index in [1.54, 1.807) is 23.7 Å². The van der Waals surface area contributed by atoms with Gasteiger partial charge in [-0.25, -0.2) is 9.78 Å². The lowest BCUT2D eigenvalue weighted by Gasteiger charge is -2.49. The molecule has 2 amide bonds. The van der Waals surface area contributed by atoms with Crippen LogP contribution in [0.1, 0.15) is 33.6 Å². The second-order valence-electron chi connectivity index (χ2n) is 12.0. The van der Waals surface area contributed by atoms with Crippen LogP contribution in [0.15, 0.2) is 137 Å². The molecule has 1 saturated heterocycles. The lowest BCUT2D eigenvalue weighted by Crippen LogP contribution is -2.71. The van der Waals surface area contributed by atoms with Crippen molar-refractivity contribution in [2.24, 2.45) is 5.16 Å². The van der Waals surface area contributed by atoms with E-state index in [1.165, 1.54) is 16.7 Å². The zero-order valence-corrected chi connectivity index (χ0v) is 29.4. The number of anilines is 1. The third-order valence-corrected chi connectivity index (χ3v) is 10.7. The molecular formula is C39H32N6O5S2. The molecule has 11 nitrogen and oxygen atoms in total. The van der Waals surface area contributed by atoms with Crippen LogP contribution >= 0.6 is 23.1 Å². The van der Waals surface area contributed by atoms with E-state index in [4.69, 9.17) is 10.6 Å². The topological polar surface area (TPSA) is 160 Å². The summed E-state index contributed by atoms with van der Waals surface area (Å²) in [6.07, 6.45) is 5.14. The van der Waals surface area contributed by atoms with Gasteiger partial charge in [0.15, 0.2) is 10.8 Å². The van der Waals surface area contributed by atoms with Crippen molar-refractivity contribution in [3.63, 3.8) is 0 Å². The number of nitrogen functional groups attached to an aromatic ring is 1. The first-order valence-corrected chi connectivity index (χ1v) is 18.2. The molecule has 0 saturated carbocycles. The number of hydrogen-bond acceptors (Lipinski definition) is 10. The number of thiazole rings is 1. The molecule has 5 aromatic rings. The number of benzene rings is 3. The molecule has 1 fully saturated rings. The number of carboxylic acid groups (broad SMARTS) is 1. The van der Waals surface area contributed by atoms with E-state index < -0.39 is 34.8 Å². The highest BCUT2D eigenvalue weighted by Gasteiger charge is 2.54. The number of allylic oxidation sites excluding steroid dienone is 1. The van der Waals surface area contributed by atoms with E-state index in [0.29, 0.717) is 11.3 Å². The van der Waals surface area contributed by atoms with Crippen molar-refractivity contribution < 1.29 is 24.3 Å². The van der Waals surface area contributed by atoms with Crippen molar-refractivity contribution in [1.29, 1.82) is 0 Å². The lowest BCUT2D eigenvalue weighted by molar-refractivity contribution is -0.150. The van der Waals surface area contributed by atoms with Crippen LogP contribution in [0.25, 0.3) is 6.08 Å². The first-order chi connectivity index (χ1) is 25.3. The van der Waals surface area contributed by atoms with Crippen molar-refractivity contribution >= 4 is 57.8 Å². The van der Waals surface area contributed by atoms with Crippen LogP contribution in [0.2, 0.25) is 0 Å². The normalized spacial score (nSPS) is 17.4. The molecule has 3 aromatic carbocycles. The number of β-lactam (4-membered cyclic amide) rings is 1. The van der Waals surface area contributed by atoms with Gasteiger partial charge in [-0.15, -0.1) is 23.1 Å². The molecule has 0 radical (unpaired) electrons. The van der Waals surface area contributed by atoms with Gasteiger partial charge in [-0.05, 0) is 24.1 Å². The number of thioether (sulfide) groups is 1. The minimum atomic E-state index is -1.29. The number of nitrogens with two attached hydrogens (primary N) is 1. The van der Waals surface area contributed by atoms with Crippen LogP contribution in [0, 0.1) is 6.92 Å². The number of nitrogens with one attached hydrogen (secondary N) is 1. The summed E-state index contributed by atoms with van der Waals surface area (Å²) in [4.78, 5) is 56.6. The second kappa shape index (κ2) is 14.7. The van der Waals surface area contributed by atoms with E-state index in [2.05, 4.69) is 20.4 Å². The highest BCUT2D eigenvalue weighted by molar-refractivity contribution is 8.00. The smallest absolute Gasteiger partial charge is 0.352 e. The Kier molecular flexibility index (Phi) is 9.70. The number of oxime groups is 1. The average Bonchev–Trinajstić information content (AvgIpc) is 3.61. The highest BCUT2D eigenvalue weighted by Crippen LogP contribution is 2.42. The molecule has 2 aliphatic rings. The van der Waals surface area contributed by atoms with Crippen molar-refractivity contribution in [2.45, 2.75) is 23.9 Å². The van der Waals surface area contributed by atoms with E-state index in [-0.39, 0.29) is 22.2 Å². The van der Waals surface area contributed by atoms with Crippen LogP contribution in [-0.4, -0.2) is 60.6 Å². The molecule has 2 aliphatic heterocycles. The Hall–Kier alpha value is -6.05. The highest BCUT2D eigenvalue weighted by atomic mass is 32.2. The van der Waals surface area contributed by atoms with E-state index in [0.717, 1.165) is 39.3 Å². The number of rotatable bonds is 11. The van der Waals surface area contributed by atoms with Gasteiger partial charge in [0.25, 0.3) is 11.8 Å². The van der Waals surface area contributed by atoms with E-state index in [9.17, 15) is 19.5 Å². The third kappa shape index (κ3) is 6.59. The minimum absolute atomic E-state index is 0.126. The summed E-state index contributed by atoms with van der Waals surface area (Å²) in [5.74, 6) is -2.22. The number of amides is 2. The lowest BCUT2D eigenvalue weighted by atomic mass is 9.80. The summed E-state index contributed by atoms with van der Waals surface area (Å²) in [6.45, 7) is 1.88. The zero-order chi connectivity index (χ0) is 36.2. The Morgan fingerprint density at radius 3 is 2.10 bits per heavy atom. The van der Waals surface area contributed by atoms with Gasteiger partial charge in [0, 0.05) is 39.7 Å². The van der Waals surface area contributed by atoms with E-state index in [1.807, 2.05) is 110 Å². The fourth-order valence-electron chi connectivity index (χ4n) is 6.15. The van der Waals surface area contributed by atoms with Crippen LogP contribution in [0.5, 0.6) is 0 Å². The number of pyridine rings is 1. The van der Waals surface area contributed by atoms with Crippen LogP contribution in [-0.2, 0) is 24.8 Å². The molecule has 2 atom stereocenters. The van der Waals surface area contributed by atoms with Crippen LogP contribution in [0.4, 0.5) is 5.13 Å². The van der Waals surface area contributed by atoms with Gasteiger partial charge in [-0.3, -0.25) is 19.5 Å². The van der Waals surface area contributed by atoms with Gasteiger partial charge in [0.1, 0.15) is 22.8 Å². The molecule has 7 rings (SSSR count). The molecule has 4 N–H and O–H groups in total. The summed E-state index contributed by atoms with van der Waals surface area (Å²) in [7, 11) is 0. The predicted molar refractivity (Wildman–Crippen MR) is 201 cm³/mol. The monoisotopic (exact) mass is 728 g/mol. The molecule has 260 valence electrons. The molecule has 52 heavy (non-hydrogen) atoms. The van der Waals surface area contributed by atoms with Crippen LogP contribution < -0.4 is 11.1 Å². The Morgan fingerprint density at radius 2 is 1.58 bits per heavy atom. The molecule has 2 aromatic heterocycles. The summed E-state index contributed by atoms with van der Waals surface area (Å²) < 4.78 is 0. The number of aromatic nitrogens is 2. The number of carbonyl (C=O) groups excluding carboxylic acids is 2. The number of aryl methyl sites for hydroxylation is 1. The Balaban J connectivity index is 1.21. The molecule has 13 heteroatoms. The molecular weight excluding hydrogens is 697 g/mol.